The number of hydrazine groups is 1. The molecule has 5 heteroatoms. The largest absolute Gasteiger partial charge is 0.276 e. The van der Waals surface area contributed by atoms with E-state index < -0.39 is 0 Å². The second kappa shape index (κ2) is 6.45. The fraction of sp³-hybridized carbons (Fsp3) is 0.429. The molecule has 2 heterocycles. The molecule has 0 aromatic carbocycles. The van der Waals surface area contributed by atoms with E-state index >= 15 is 0 Å². The Balaban J connectivity index is 2.07. The Hall–Kier alpha value is -1.72. The molecular weight excluding hydrogens is 238 g/mol. The molecule has 2 rings (SSSR count). The minimum absolute atomic E-state index is 0.0800. The summed E-state index contributed by atoms with van der Waals surface area (Å²) in [5, 5.41) is 4.18. The lowest BCUT2D eigenvalue weighted by molar-refractivity contribution is 0.500. The normalized spacial score (nSPS) is 12.6. The number of aromatic nitrogens is 3. The fourth-order valence-corrected chi connectivity index (χ4v) is 2.27. The number of aryl methyl sites for hydroxylation is 3. The van der Waals surface area contributed by atoms with Crippen molar-refractivity contribution in [1.82, 2.24) is 20.2 Å². The van der Waals surface area contributed by atoms with Crippen LogP contribution in [0.1, 0.15) is 36.2 Å². The minimum Gasteiger partial charge on any atom is -0.276 e. The van der Waals surface area contributed by atoms with Crippen LogP contribution in [0.15, 0.2) is 30.7 Å². The molecule has 0 radical (unpaired) electrons. The van der Waals surface area contributed by atoms with Gasteiger partial charge in [-0.15, -0.1) is 0 Å². The van der Waals surface area contributed by atoms with Gasteiger partial charge in [0.25, 0.3) is 0 Å². The third kappa shape index (κ3) is 3.39. The van der Waals surface area contributed by atoms with Gasteiger partial charge in [-0.2, -0.15) is 5.10 Å². The van der Waals surface area contributed by atoms with Crippen molar-refractivity contribution < 1.29 is 0 Å². The molecule has 0 saturated carbocycles. The predicted molar refractivity (Wildman–Crippen MR) is 75.2 cm³/mol. The van der Waals surface area contributed by atoms with Gasteiger partial charge in [-0.3, -0.25) is 20.9 Å². The summed E-state index contributed by atoms with van der Waals surface area (Å²) in [4.78, 5) is 4.47. The van der Waals surface area contributed by atoms with Crippen LogP contribution in [-0.4, -0.2) is 14.8 Å². The van der Waals surface area contributed by atoms with E-state index in [1.807, 2.05) is 36.4 Å². The third-order valence-electron chi connectivity index (χ3n) is 3.32. The van der Waals surface area contributed by atoms with E-state index in [2.05, 4.69) is 28.5 Å². The van der Waals surface area contributed by atoms with Gasteiger partial charge in [-0.05, 0) is 36.5 Å². The molecule has 0 spiro atoms. The highest BCUT2D eigenvalue weighted by Gasteiger charge is 2.14. The Bertz CT molecular complexity index is 520. The highest BCUT2D eigenvalue weighted by atomic mass is 15.2. The summed E-state index contributed by atoms with van der Waals surface area (Å²) in [7, 11) is 1.93. The van der Waals surface area contributed by atoms with Gasteiger partial charge in [0.2, 0.25) is 0 Å². The molecule has 1 unspecified atom stereocenters. The first kappa shape index (κ1) is 13.7. The van der Waals surface area contributed by atoms with Gasteiger partial charge in [0, 0.05) is 19.4 Å². The quantitative estimate of drug-likeness (QED) is 0.609. The van der Waals surface area contributed by atoms with Crippen LogP contribution < -0.4 is 11.3 Å². The predicted octanol–water partition coefficient (Wildman–Crippen LogP) is 1.51. The van der Waals surface area contributed by atoms with E-state index in [1.165, 1.54) is 11.1 Å². The van der Waals surface area contributed by atoms with Crippen molar-refractivity contribution in [1.29, 1.82) is 0 Å². The van der Waals surface area contributed by atoms with Gasteiger partial charge >= 0.3 is 0 Å². The van der Waals surface area contributed by atoms with Crippen LogP contribution in [0, 0.1) is 0 Å². The average Bonchev–Trinajstić information content (AvgIpc) is 2.86. The lowest BCUT2D eigenvalue weighted by Gasteiger charge is -2.17. The van der Waals surface area contributed by atoms with E-state index in [9.17, 15) is 0 Å². The van der Waals surface area contributed by atoms with Crippen LogP contribution in [0.5, 0.6) is 0 Å². The van der Waals surface area contributed by atoms with Crippen LogP contribution in [0.2, 0.25) is 0 Å². The van der Waals surface area contributed by atoms with Crippen LogP contribution in [-0.2, 0) is 19.9 Å². The number of nitrogens with two attached hydrogens (primary N) is 1. The highest BCUT2D eigenvalue weighted by molar-refractivity contribution is 5.23. The lowest BCUT2D eigenvalue weighted by atomic mass is 10.00. The van der Waals surface area contributed by atoms with Crippen molar-refractivity contribution in [2.24, 2.45) is 12.9 Å². The van der Waals surface area contributed by atoms with E-state index in [0.717, 1.165) is 25.0 Å². The summed E-state index contributed by atoms with van der Waals surface area (Å²) < 4.78 is 1.82. The maximum atomic E-state index is 5.69. The molecule has 2 aromatic heterocycles. The average molecular weight is 259 g/mol. The molecule has 0 bridgehead atoms. The molecule has 19 heavy (non-hydrogen) atoms. The second-order valence-electron chi connectivity index (χ2n) is 4.68. The maximum absolute atomic E-state index is 5.69. The molecule has 0 saturated heterocycles. The number of pyridine rings is 1. The van der Waals surface area contributed by atoms with Gasteiger partial charge < -0.3 is 0 Å². The Morgan fingerprint density at radius 2 is 2.32 bits per heavy atom. The summed E-state index contributed by atoms with van der Waals surface area (Å²) in [6.07, 6.45) is 8.56. The monoisotopic (exact) mass is 259 g/mol. The second-order valence-corrected chi connectivity index (χ2v) is 4.68. The van der Waals surface area contributed by atoms with Crippen LogP contribution in [0.4, 0.5) is 0 Å². The number of hydrogen-bond donors (Lipinski definition) is 2. The van der Waals surface area contributed by atoms with Crippen molar-refractivity contribution in [3.63, 3.8) is 0 Å². The zero-order chi connectivity index (χ0) is 13.7. The maximum Gasteiger partial charge on any atom is 0.0638 e. The SMILES string of the molecule is CCc1cccnc1C(CCc1cnn(C)c1)NN. The third-order valence-corrected chi connectivity index (χ3v) is 3.32. The van der Waals surface area contributed by atoms with Gasteiger partial charge in [0.05, 0.1) is 17.9 Å². The standard InChI is InChI=1S/C14H21N5/c1-3-12-5-4-8-16-14(12)13(18-15)7-6-11-9-17-19(2)10-11/h4-5,8-10,13,18H,3,6-7,15H2,1-2H3. The zero-order valence-corrected chi connectivity index (χ0v) is 11.5. The first-order valence-corrected chi connectivity index (χ1v) is 6.62. The van der Waals surface area contributed by atoms with E-state index in [-0.39, 0.29) is 6.04 Å². The van der Waals surface area contributed by atoms with Crippen molar-refractivity contribution in [2.75, 3.05) is 0 Å². The van der Waals surface area contributed by atoms with E-state index in [4.69, 9.17) is 5.84 Å². The Labute approximate surface area is 113 Å². The molecular formula is C14H21N5. The first-order valence-electron chi connectivity index (χ1n) is 6.62. The molecule has 0 aliphatic carbocycles. The van der Waals surface area contributed by atoms with Crippen LogP contribution >= 0.6 is 0 Å². The number of hydrogen-bond acceptors (Lipinski definition) is 4. The number of nitrogens with zero attached hydrogens (tertiary/aromatic N) is 3. The molecule has 5 nitrogen and oxygen atoms in total. The fourth-order valence-electron chi connectivity index (χ4n) is 2.27. The summed E-state index contributed by atoms with van der Waals surface area (Å²) in [6, 6.07) is 4.16. The van der Waals surface area contributed by atoms with Crippen LogP contribution in [0.25, 0.3) is 0 Å². The zero-order valence-electron chi connectivity index (χ0n) is 11.5. The van der Waals surface area contributed by atoms with E-state index in [1.54, 1.807) is 0 Å². The Morgan fingerprint density at radius 3 is 2.95 bits per heavy atom. The topological polar surface area (TPSA) is 68.8 Å². The van der Waals surface area contributed by atoms with Crippen molar-refractivity contribution in [3.05, 3.63) is 47.5 Å². The molecule has 1 atom stereocenters. The number of rotatable bonds is 6. The lowest BCUT2D eigenvalue weighted by Crippen LogP contribution is -2.30. The van der Waals surface area contributed by atoms with E-state index in [0.29, 0.717) is 0 Å². The van der Waals surface area contributed by atoms with Gasteiger partial charge in [-0.1, -0.05) is 13.0 Å². The summed E-state index contributed by atoms with van der Waals surface area (Å²) in [6.45, 7) is 2.13. The first-order chi connectivity index (χ1) is 9.24. The molecule has 2 aromatic rings. The molecule has 102 valence electrons. The summed E-state index contributed by atoms with van der Waals surface area (Å²) in [5.74, 6) is 5.69. The summed E-state index contributed by atoms with van der Waals surface area (Å²) >= 11 is 0. The number of nitrogens with one attached hydrogen (secondary N) is 1. The molecule has 3 N–H and O–H groups in total. The highest BCUT2D eigenvalue weighted by Crippen LogP contribution is 2.20. The minimum atomic E-state index is 0.0800. The molecule has 0 fully saturated rings. The van der Waals surface area contributed by atoms with Crippen molar-refractivity contribution in [2.45, 2.75) is 32.2 Å². The Morgan fingerprint density at radius 1 is 1.47 bits per heavy atom. The van der Waals surface area contributed by atoms with Gasteiger partial charge in [0.1, 0.15) is 0 Å². The van der Waals surface area contributed by atoms with Gasteiger partial charge in [0.15, 0.2) is 0 Å². The van der Waals surface area contributed by atoms with Gasteiger partial charge in [-0.25, -0.2) is 0 Å². The van der Waals surface area contributed by atoms with Crippen LogP contribution in [0.3, 0.4) is 0 Å². The van der Waals surface area contributed by atoms with Crippen molar-refractivity contribution in [3.8, 4) is 0 Å². The smallest absolute Gasteiger partial charge is 0.0638 e. The molecule has 0 aliphatic rings. The molecule has 0 aliphatic heterocycles. The molecule has 0 amide bonds. The van der Waals surface area contributed by atoms with Crippen molar-refractivity contribution >= 4 is 0 Å². The Kier molecular flexibility index (Phi) is 4.65. The summed E-state index contributed by atoms with van der Waals surface area (Å²) in [5.41, 5.74) is 6.40.